The zero-order chi connectivity index (χ0) is 24.8. The number of esters is 1. The number of carbonyl (C=O) groups excluding carboxylic acids is 1. The Morgan fingerprint density at radius 2 is 1.79 bits per heavy atom. The Morgan fingerprint density at radius 1 is 1.03 bits per heavy atom. The number of imidazole rings is 1. The molecule has 184 valence electrons. The Kier molecular flexibility index (Phi) is 8.48. The van der Waals surface area contributed by atoms with E-state index in [1.54, 1.807) is 11.5 Å². The monoisotopic (exact) mass is 490 g/mol. The van der Waals surface area contributed by atoms with Crippen LogP contribution in [-0.4, -0.2) is 41.3 Å². The summed E-state index contributed by atoms with van der Waals surface area (Å²) in [6.07, 6.45) is 4.38. The highest BCUT2D eigenvalue weighted by molar-refractivity contribution is 7.98. The van der Waals surface area contributed by atoms with Gasteiger partial charge in [-0.3, -0.25) is 23.9 Å². The summed E-state index contributed by atoms with van der Waals surface area (Å²) < 4.78 is 8.58. The summed E-state index contributed by atoms with van der Waals surface area (Å²) in [6, 6.07) is 0. The molecule has 0 aliphatic carbocycles. The highest BCUT2D eigenvalue weighted by Crippen LogP contribution is 2.15. The predicted molar refractivity (Wildman–Crippen MR) is 129 cm³/mol. The quantitative estimate of drug-likeness (QED) is 0.235. The number of rotatable bonds is 11. The molecule has 0 aromatic carbocycles. The molecule has 0 fully saturated rings. The minimum atomic E-state index is -0.512. The van der Waals surface area contributed by atoms with E-state index in [0.29, 0.717) is 46.5 Å². The Balaban J connectivity index is 1.80. The molecule has 0 spiro atoms. The van der Waals surface area contributed by atoms with Crippen molar-refractivity contribution in [1.29, 1.82) is 0 Å². The number of nitrogens with one attached hydrogen (secondary N) is 2. The van der Waals surface area contributed by atoms with E-state index in [1.807, 2.05) is 20.1 Å². The van der Waals surface area contributed by atoms with Gasteiger partial charge in [0.2, 0.25) is 0 Å². The van der Waals surface area contributed by atoms with Gasteiger partial charge in [-0.2, -0.15) is 0 Å². The Hall–Kier alpha value is -3.15. The first-order valence-electron chi connectivity index (χ1n) is 11.3. The van der Waals surface area contributed by atoms with Crippen LogP contribution in [0.3, 0.4) is 0 Å². The molecule has 0 aliphatic heterocycles. The maximum Gasteiger partial charge on any atom is 0.330 e. The van der Waals surface area contributed by atoms with Gasteiger partial charge in [0.25, 0.3) is 11.1 Å². The molecule has 3 rings (SSSR count). The van der Waals surface area contributed by atoms with E-state index in [2.05, 4.69) is 19.9 Å². The molecule has 0 unspecified atom stereocenters. The second kappa shape index (κ2) is 11.3. The largest absolute Gasteiger partial charge is 0.457 e. The second-order valence-corrected chi connectivity index (χ2v) is 8.71. The maximum atomic E-state index is 12.6. The molecular weight excluding hydrogens is 460 g/mol. The molecule has 0 atom stereocenters. The predicted octanol–water partition coefficient (Wildman–Crippen LogP) is 1.89. The molecule has 3 heterocycles. The van der Waals surface area contributed by atoms with Gasteiger partial charge < -0.3 is 14.3 Å². The number of hydrogen-bond acceptors (Lipinski definition) is 8. The van der Waals surface area contributed by atoms with Crippen LogP contribution in [0, 0.1) is 6.92 Å². The van der Waals surface area contributed by atoms with Gasteiger partial charge >= 0.3 is 11.7 Å². The van der Waals surface area contributed by atoms with Crippen molar-refractivity contribution in [1.82, 2.24) is 29.1 Å². The number of ether oxygens (including phenoxy) is 1. The molecule has 3 aromatic rings. The standard InChI is InChI=1S/C22H30N6O5S/c1-5-7-11-28-18-17(20(31)26-22(28)32)27(10-6-2)15(24-18)12-33-16(29)9-8-14-13(3)23-21(34-4)25-19(14)30/h5-12H2,1-4H3,(H,23,25,30)(H,26,31,32). The molecule has 12 heteroatoms. The molecule has 0 radical (unpaired) electrons. The summed E-state index contributed by atoms with van der Waals surface area (Å²) >= 11 is 1.34. The van der Waals surface area contributed by atoms with E-state index in [4.69, 9.17) is 4.74 Å². The van der Waals surface area contributed by atoms with Crippen LogP contribution in [0.4, 0.5) is 0 Å². The van der Waals surface area contributed by atoms with Crippen molar-refractivity contribution >= 4 is 28.9 Å². The molecule has 0 bridgehead atoms. The smallest absolute Gasteiger partial charge is 0.330 e. The number of aromatic nitrogens is 6. The number of aromatic amines is 2. The number of thioether (sulfide) groups is 1. The van der Waals surface area contributed by atoms with Crippen molar-refractivity contribution in [2.45, 2.75) is 77.7 Å². The van der Waals surface area contributed by atoms with E-state index >= 15 is 0 Å². The first-order chi connectivity index (χ1) is 16.3. The zero-order valence-corrected chi connectivity index (χ0v) is 20.7. The average Bonchev–Trinajstić information content (AvgIpc) is 3.15. The molecule has 0 saturated heterocycles. The Bertz CT molecular complexity index is 1350. The van der Waals surface area contributed by atoms with Crippen LogP contribution >= 0.6 is 11.8 Å². The number of unbranched alkanes of at least 4 members (excludes halogenated alkanes) is 1. The lowest BCUT2D eigenvalue weighted by Gasteiger charge is -2.09. The van der Waals surface area contributed by atoms with E-state index in [-0.39, 0.29) is 25.0 Å². The molecular formula is C22H30N6O5S. The molecule has 0 saturated carbocycles. The number of H-pyrrole nitrogens is 2. The molecule has 3 aromatic heterocycles. The van der Waals surface area contributed by atoms with E-state index in [9.17, 15) is 19.2 Å². The van der Waals surface area contributed by atoms with Crippen LogP contribution in [0.5, 0.6) is 0 Å². The molecule has 34 heavy (non-hydrogen) atoms. The lowest BCUT2D eigenvalue weighted by molar-refractivity contribution is -0.145. The first kappa shape index (κ1) is 25.5. The van der Waals surface area contributed by atoms with Crippen LogP contribution in [0.1, 0.15) is 56.6 Å². The SMILES string of the molecule is CCCCn1c(=O)[nH]c(=O)c2c1nc(COC(=O)CCc1c(C)nc(SC)[nH]c1=O)n2CCC. The number of aryl methyl sites for hydroxylation is 3. The van der Waals surface area contributed by atoms with Crippen LogP contribution in [0.2, 0.25) is 0 Å². The number of hydrogen-bond donors (Lipinski definition) is 2. The lowest BCUT2D eigenvalue weighted by Crippen LogP contribution is -2.31. The highest BCUT2D eigenvalue weighted by atomic mass is 32.2. The van der Waals surface area contributed by atoms with Gasteiger partial charge in [0.15, 0.2) is 16.3 Å². The molecule has 0 amide bonds. The Labute approximate surface area is 200 Å². The fourth-order valence-electron chi connectivity index (χ4n) is 3.74. The summed E-state index contributed by atoms with van der Waals surface area (Å²) in [5.74, 6) is -0.105. The highest BCUT2D eigenvalue weighted by Gasteiger charge is 2.19. The Morgan fingerprint density at radius 3 is 2.44 bits per heavy atom. The normalized spacial score (nSPS) is 11.3. The number of fused-ring (bicyclic) bond motifs is 1. The fourth-order valence-corrected chi connectivity index (χ4v) is 4.16. The summed E-state index contributed by atoms with van der Waals surface area (Å²) in [6.45, 7) is 6.48. The number of carbonyl (C=O) groups is 1. The molecule has 11 nitrogen and oxygen atoms in total. The fraction of sp³-hybridized carbons (Fsp3) is 0.545. The third-order valence-corrected chi connectivity index (χ3v) is 6.06. The van der Waals surface area contributed by atoms with Crippen molar-refractivity contribution in [3.8, 4) is 0 Å². The average molecular weight is 491 g/mol. The van der Waals surface area contributed by atoms with Gasteiger partial charge in [0.1, 0.15) is 12.4 Å². The summed E-state index contributed by atoms with van der Waals surface area (Å²) in [4.78, 5) is 63.5. The van der Waals surface area contributed by atoms with Gasteiger partial charge in [-0.1, -0.05) is 32.0 Å². The molecule has 2 N–H and O–H groups in total. The minimum absolute atomic E-state index is 0.0000121. The third kappa shape index (κ3) is 5.49. The zero-order valence-electron chi connectivity index (χ0n) is 19.9. The summed E-state index contributed by atoms with van der Waals surface area (Å²) in [7, 11) is 0. The van der Waals surface area contributed by atoms with Crippen molar-refractivity contribution in [2.24, 2.45) is 0 Å². The van der Waals surface area contributed by atoms with E-state index in [0.717, 1.165) is 19.3 Å². The van der Waals surface area contributed by atoms with Crippen LogP contribution in [0.15, 0.2) is 19.5 Å². The van der Waals surface area contributed by atoms with E-state index < -0.39 is 17.2 Å². The second-order valence-electron chi connectivity index (χ2n) is 7.92. The van der Waals surface area contributed by atoms with Crippen LogP contribution in [0.25, 0.3) is 11.2 Å². The number of nitrogens with zero attached hydrogens (tertiary/aromatic N) is 4. The van der Waals surface area contributed by atoms with Crippen LogP contribution in [-0.2, 0) is 35.6 Å². The van der Waals surface area contributed by atoms with Crippen molar-refractivity contribution in [2.75, 3.05) is 6.26 Å². The topological polar surface area (TPSA) is 145 Å². The van der Waals surface area contributed by atoms with Gasteiger partial charge in [-0.05, 0) is 32.4 Å². The summed E-state index contributed by atoms with van der Waals surface area (Å²) in [5.41, 5.74) is 0.335. The minimum Gasteiger partial charge on any atom is -0.457 e. The summed E-state index contributed by atoms with van der Waals surface area (Å²) in [5, 5.41) is 0.524. The van der Waals surface area contributed by atoms with Crippen molar-refractivity contribution < 1.29 is 9.53 Å². The lowest BCUT2D eigenvalue weighted by atomic mass is 10.1. The van der Waals surface area contributed by atoms with Crippen molar-refractivity contribution in [3.63, 3.8) is 0 Å². The van der Waals surface area contributed by atoms with Gasteiger partial charge in [-0.15, -0.1) is 0 Å². The van der Waals surface area contributed by atoms with Crippen molar-refractivity contribution in [3.05, 3.63) is 48.3 Å². The molecule has 0 aliphatic rings. The van der Waals surface area contributed by atoms with Crippen LogP contribution < -0.4 is 16.8 Å². The van der Waals surface area contributed by atoms with Gasteiger partial charge in [0.05, 0.1) is 0 Å². The maximum absolute atomic E-state index is 12.6. The third-order valence-electron chi connectivity index (χ3n) is 5.48. The first-order valence-corrected chi connectivity index (χ1v) is 12.5. The van der Waals surface area contributed by atoms with Gasteiger partial charge in [-0.25, -0.2) is 14.8 Å². The van der Waals surface area contributed by atoms with E-state index in [1.165, 1.54) is 16.3 Å². The van der Waals surface area contributed by atoms with Gasteiger partial charge in [0, 0.05) is 30.8 Å².